The van der Waals surface area contributed by atoms with E-state index < -0.39 is 12.7 Å². The van der Waals surface area contributed by atoms with Gasteiger partial charge in [0.2, 0.25) is 0 Å². The molecule has 106 valence electrons. The van der Waals surface area contributed by atoms with Gasteiger partial charge in [0.05, 0.1) is 12.7 Å². The Kier molecular flexibility index (Phi) is 4.03. The van der Waals surface area contributed by atoms with E-state index in [9.17, 15) is 18.0 Å². The number of H-pyrrole nitrogens is 1. The zero-order valence-electron chi connectivity index (χ0n) is 10.2. The van der Waals surface area contributed by atoms with Crippen LogP contribution in [0.4, 0.5) is 13.2 Å². The molecule has 0 bridgehead atoms. The van der Waals surface area contributed by atoms with Crippen LogP contribution in [-0.2, 0) is 0 Å². The Balaban J connectivity index is 1.92. The standard InChI is InChI=1S/C10H14F3N5O/c11-10(12,13)7-17-2-1-3-18(5-4-17)9(19)8-6-14-16-15-8/h6H,1-5,7H2,(H,14,15,16). The number of aromatic nitrogens is 3. The molecule has 9 heteroatoms. The zero-order chi connectivity index (χ0) is 13.9. The quantitative estimate of drug-likeness (QED) is 0.855. The van der Waals surface area contributed by atoms with E-state index in [2.05, 4.69) is 15.4 Å². The van der Waals surface area contributed by atoms with Gasteiger partial charge in [-0.05, 0) is 6.42 Å². The SMILES string of the molecule is O=C(c1cn[nH]n1)N1CCCN(CC(F)(F)F)CC1. The molecule has 0 saturated carbocycles. The van der Waals surface area contributed by atoms with Gasteiger partial charge in [0, 0.05) is 26.2 Å². The summed E-state index contributed by atoms with van der Waals surface area (Å²) in [6.07, 6.45) is -2.38. The molecule has 0 radical (unpaired) electrons. The summed E-state index contributed by atoms with van der Waals surface area (Å²) in [4.78, 5) is 14.8. The van der Waals surface area contributed by atoms with Crippen molar-refractivity contribution >= 4 is 5.91 Å². The summed E-state index contributed by atoms with van der Waals surface area (Å²) < 4.78 is 36.9. The summed E-state index contributed by atoms with van der Waals surface area (Å²) >= 11 is 0. The van der Waals surface area contributed by atoms with Crippen molar-refractivity contribution in [1.29, 1.82) is 0 Å². The fourth-order valence-corrected chi connectivity index (χ4v) is 2.05. The van der Waals surface area contributed by atoms with Crippen molar-refractivity contribution in [2.45, 2.75) is 12.6 Å². The van der Waals surface area contributed by atoms with Crippen LogP contribution in [0.2, 0.25) is 0 Å². The third-order valence-electron chi connectivity index (χ3n) is 2.91. The molecule has 0 aliphatic carbocycles. The molecule has 2 heterocycles. The van der Waals surface area contributed by atoms with Crippen LogP contribution in [0.3, 0.4) is 0 Å². The Bertz CT molecular complexity index is 419. The summed E-state index contributed by atoms with van der Waals surface area (Å²) in [7, 11) is 0. The number of aromatic amines is 1. The van der Waals surface area contributed by atoms with Gasteiger partial charge >= 0.3 is 6.18 Å². The number of hydrogen-bond donors (Lipinski definition) is 1. The molecule has 1 aliphatic heterocycles. The lowest BCUT2D eigenvalue weighted by Crippen LogP contribution is -2.38. The Morgan fingerprint density at radius 3 is 2.74 bits per heavy atom. The monoisotopic (exact) mass is 277 g/mol. The van der Waals surface area contributed by atoms with Crippen LogP contribution in [0.5, 0.6) is 0 Å². The maximum absolute atomic E-state index is 12.3. The van der Waals surface area contributed by atoms with E-state index in [4.69, 9.17) is 0 Å². The molecule has 2 rings (SSSR count). The van der Waals surface area contributed by atoms with Crippen molar-refractivity contribution in [3.05, 3.63) is 11.9 Å². The zero-order valence-corrected chi connectivity index (χ0v) is 10.2. The molecule has 0 unspecified atom stereocenters. The van der Waals surface area contributed by atoms with E-state index in [1.54, 1.807) is 0 Å². The number of alkyl halides is 3. The Labute approximate surface area is 107 Å². The molecule has 1 amide bonds. The van der Waals surface area contributed by atoms with Crippen LogP contribution in [0.1, 0.15) is 16.9 Å². The highest BCUT2D eigenvalue weighted by molar-refractivity contribution is 5.91. The maximum Gasteiger partial charge on any atom is 0.401 e. The van der Waals surface area contributed by atoms with E-state index in [0.29, 0.717) is 19.5 Å². The Hall–Kier alpha value is -1.64. The van der Waals surface area contributed by atoms with Gasteiger partial charge in [-0.2, -0.15) is 28.6 Å². The minimum Gasteiger partial charge on any atom is -0.336 e. The number of amides is 1. The van der Waals surface area contributed by atoms with E-state index in [-0.39, 0.29) is 24.7 Å². The highest BCUT2D eigenvalue weighted by Crippen LogP contribution is 2.17. The number of carbonyl (C=O) groups excluding carboxylic acids is 1. The second-order valence-corrected chi connectivity index (χ2v) is 4.39. The molecule has 1 saturated heterocycles. The Morgan fingerprint density at radius 2 is 2.11 bits per heavy atom. The molecule has 1 fully saturated rings. The third-order valence-corrected chi connectivity index (χ3v) is 2.91. The van der Waals surface area contributed by atoms with Crippen LogP contribution in [0, 0.1) is 0 Å². The molecule has 0 spiro atoms. The Morgan fingerprint density at radius 1 is 1.32 bits per heavy atom. The fourth-order valence-electron chi connectivity index (χ4n) is 2.05. The number of halogens is 3. The second-order valence-electron chi connectivity index (χ2n) is 4.39. The largest absolute Gasteiger partial charge is 0.401 e. The number of hydrogen-bond acceptors (Lipinski definition) is 4. The molecule has 1 aromatic heterocycles. The summed E-state index contributed by atoms with van der Waals surface area (Å²) in [5.41, 5.74) is 0.185. The summed E-state index contributed by atoms with van der Waals surface area (Å²) in [6, 6.07) is 0. The van der Waals surface area contributed by atoms with E-state index in [1.807, 2.05) is 0 Å². The van der Waals surface area contributed by atoms with E-state index in [0.717, 1.165) is 0 Å². The summed E-state index contributed by atoms with van der Waals surface area (Å²) in [5.74, 6) is -0.303. The van der Waals surface area contributed by atoms with Crippen molar-refractivity contribution in [3.8, 4) is 0 Å². The molecule has 1 N–H and O–H groups in total. The average molecular weight is 277 g/mol. The molecular weight excluding hydrogens is 263 g/mol. The molecule has 1 aromatic rings. The maximum atomic E-state index is 12.3. The molecule has 19 heavy (non-hydrogen) atoms. The summed E-state index contributed by atoms with van der Waals surface area (Å²) in [6.45, 7) is 0.312. The second kappa shape index (κ2) is 5.55. The first kappa shape index (κ1) is 13.8. The van der Waals surface area contributed by atoms with Crippen LogP contribution in [-0.4, -0.2) is 70.0 Å². The number of nitrogens with one attached hydrogen (secondary N) is 1. The average Bonchev–Trinajstić information content (AvgIpc) is 2.75. The van der Waals surface area contributed by atoms with Gasteiger partial charge in [-0.1, -0.05) is 0 Å². The van der Waals surface area contributed by atoms with Gasteiger partial charge in [0.15, 0.2) is 5.69 Å². The molecule has 0 atom stereocenters. The minimum absolute atomic E-state index is 0.185. The van der Waals surface area contributed by atoms with Crippen molar-refractivity contribution in [2.24, 2.45) is 0 Å². The molecule has 6 nitrogen and oxygen atoms in total. The van der Waals surface area contributed by atoms with Crippen LogP contribution < -0.4 is 0 Å². The highest BCUT2D eigenvalue weighted by atomic mass is 19.4. The predicted octanol–water partition coefficient (Wildman–Crippen LogP) is 0.515. The van der Waals surface area contributed by atoms with Crippen LogP contribution >= 0.6 is 0 Å². The topological polar surface area (TPSA) is 65.1 Å². The summed E-state index contributed by atoms with van der Waals surface area (Å²) in [5, 5.41) is 9.56. The molecule has 1 aliphatic rings. The van der Waals surface area contributed by atoms with Gasteiger partial charge in [-0.15, -0.1) is 0 Å². The first-order chi connectivity index (χ1) is 8.96. The minimum atomic E-state index is -4.20. The number of carbonyl (C=O) groups is 1. The highest BCUT2D eigenvalue weighted by Gasteiger charge is 2.32. The van der Waals surface area contributed by atoms with Gasteiger partial charge < -0.3 is 4.90 Å². The van der Waals surface area contributed by atoms with Gasteiger partial charge in [0.1, 0.15) is 0 Å². The van der Waals surface area contributed by atoms with E-state index in [1.165, 1.54) is 16.0 Å². The lowest BCUT2D eigenvalue weighted by molar-refractivity contribution is -0.145. The van der Waals surface area contributed by atoms with Gasteiger partial charge in [-0.25, -0.2) is 0 Å². The van der Waals surface area contributed by atoms with Crippen molar-refractivity contribution in [3.63, 3.8) is 0 Å². The third kappa shape index (κ3) is 3.91. The van der Waals surface area contributed by atoms with Crippen molar-refractivity contribution < 1.29 is 18.0 Å². The van der Waals surface area contributed by atoms with Crippen molar-refractivity contribution in [1.82, 2.24) is 25.2 Å². The first-order valence-electron chi connectivity index (χ1n) is 5.90. The van der Waals surface area contributed by atoms with E-state index >= 15 is 0 Å². The number of nitrogens with zero attached hydrogens (tertiary/aromatic N) is 4. The lowest BCUT2D eigenvalue weighted by Gasteiger charge is -2.22. The van der Waals surface area contributed by atoms with Gasteiger partial charge in [0.25, 0.3) is 5.91 Å². The predicted molar refractivity (Wildman–Crippen MR) is 59.4 cm³/mol. The number of rotatable bonds is 2. The molecule has 0 aromatic carbocycles. The lowest BCUT2D eigenvalue weighted by atomic mass is 10.3. The van der Waals surface area contributed by atoms with Crippen LogP contribution in [0.15, 0.2) is 6.20 Å². The van der Waals surface area contributed by atoms with Gasteiger partial charge in [-0.3, -0.25) is 9.69 Å². The normalized spacial score (nSPS) is 18.4. The first-order valence-corrected chi connectivity index (χ1v) is 5.90. The van der Waals surface area contributed by atoms with Crippen LogP contribution in [0.25, 0.3) is 0 Å². The molecular formula is C10H14F3N5O. The van der Waals surface area contributed by atoms with Crippen molar-refractivity contribution in [2.75, 3.05) is 32.7 Å². The smallest absolute Gasteiger partial charge is 0.336 e. The fraction of sp³-hybridized carbons (Fsp3) is 0.700.